The van der Waals surface area contributed by atoms with Crippen molar-refractivity contribution in [2.24, 2.45) is 0 Å². The van der Waals surface area contributed by atoms with E-state index in [0.717, 1.165) is 21.5 Å². The van der Waals surface area contributed by atoms with Crippen LogP contribution in [0.4, 0.5) is 0 Å². The van der Waals surface area contributed by atoms with E-state index in [1.165, 1.54) is 0 Å². The van der Waals surface area contributed by atoms with Crippen LogP contribution in [0, 0.1) is 0 Å². The van der Waals surface area contributed by atoms with Gasteiger partial charge < -0.3 is 0 Å². The molecule has 116 valence electrons. The van der Waals surface area contributed by atoms with Crippen LogP contribution in [-0.4, -0.2) is 10.5 Å². The first-order valence-electron chi connectivity index (χ1n) is 7.35. The van der Waals surface area contributed by atoms with E-state index < -0.39 is 10.5 Å². The predicted octanol–water partition coefficient (Wildman–Crippen LogP) is 5.90. The Morgan fingerprint density at radius 1 is 0.625 bits per heavy atom. The molecule has 0 aromatic heterocycles. The largest absolute Gasteiger partial charge is 0.276 e. The highest BCUT2D eigenvalue weighted by atomic mass is 35.5. The van der Waals surface area contributed by atoms with Gasteiger partial charge in [-0.25, -0.2) is 0 Å². The van der Waals surface area contributed by atoms with E-state index in [1.54, 1.807) is 18.2 Å². The van der Waals surface area contributed by atoms with Crippen LogP contribution in [-0.2, 0) is 0 Å². The SMILES string of the molecule is O=C(Cl)c1cccc2ccc3c4ccccc4cc(C(=O)Cl)c3c12. The van der Waals surface area contributed by atoms with E-state index in [0.29, 0.717) is 21.9 Å². The Kier molecular flexibility index (Phi) is 3.52. The number of fused-ring (bicyclic) bond motifs is 5. The second-order valence-corrected chi connectivity index (χ2v) is 6.27. The van der Waals surface area contributed by atoms with Crippen molar-refractivity contribution in [3.63, 3.8) is 0 Å². The Balaban J connectivity index is 2.38. The van der Waals surface area contributed by atoms with Crippen molar-refractivity contribution in [2.75, 3.05) is 0 Å². The summed E-state index contributed by atoms with van der Waals surface area (Å²) in [5, 5.41) is 3.82. The number of benzene rings is 4. The number of halogens is 2. The lowest BCUT2D eigenvalue weighted by Crippen LogP contribution is -1.97. The number of carbonyl (C=O) groups excluding carboxylic acids is 2. The van der Waals surface area contributed by atoms with E-state index in [4.69, 9.17) is 23.2 Å². The van der Waals surface area contributed by atoms with Gasteiger partial charge in [0, 0.05) is 21.9 Å². The molecular formula is C20H10Cl2O2. The third kappa shape index (κ3) is 2.19. The highest BCUT2D eigenvalue weighted by Gasteiger charge is 2.17. The van der Waals surface area contributed by atoms with Gasteiger partial charge in [0.25, 0.3) is 10.5 Å². The van der Waals surface area contributed by atoms with Crippen LogP contribution in [0.1, 0.15) is 20.7 Å². The number of rotatable bonds is 2. The molecule has 0 aliphatic rings. The Hall–Kier alpha value is -2.42. The molecule has 4 heteroatoms. The van der Waals surface area contributed by atoms with Gasteiger partial charge in [0.2, 0.25) is 0 Å². The molecule has 0 saturated carbocycles. The average Bonchev–Trinajstić information content (AvgIpc) is 2.59. The molecule has 0 aliphatic carbocycles. The van der Waals surface area contributed by atoms with Gasteiger partial charge in [-0.15, -0.1) is 0 Å². The molecule has 0 aliphatic heterocycles. The molecule has 4 rings (SSSR count). The number of hydrogen-bond donors (Lipinski definition) is 0. The van der Waals surface area contributed by atoms with Crippen molar-refractivity contribution in [1.82, 2.24) is 0 Å². The van der Waals surface area contributed by atoms with Crippen LogP contribution >= 0.6 is 23.2 Å². The van der Waals surface area contributed by atoms with Crippen LogP contribution in [0.15, 0.2) is 60.7 Å². The summed E-state index contributed by atoms with van der Waals surface area (Å²) in [6.07, 6.45) is 0. The zero-order valence-electron chi connectivity index (χ0n) is 12.3. The standard InChI is InChI=1S/C20H10Cl2O2/c21-19(23)15-7-3-5-11-8-9-14-13-6-2-1-4-12(13)10-16(20(22)24)18(14)17(11)15/h1-10H. The predicted molar refractivity (Wildman–Crippen MR) is 99.3 cm³/mol. The minimum Gasteiger partial charge on any atom is -0.276 e. The van der Waals surface area contributed by atoms with Gasteiger partial charge >= 0.3 is 0 Å². The molecule has 0 amide bonds. The molecule has 0 radical (unpaired) electrons. The first-order chi connectivity index (χ1) is 11.6. The normalized spacial score (nSPS) is 11.2. The van der Waals surface area contributed by atoms with Gasteiger partial charge in [-0.3, -0.25) is 9.59 Å². The number of hydrogen-bond acceptors (Lipinski definition) is 2. The van der Waals surface area contributed by atoms with Crippen LogP contribution in [0.3, 0.4) is 0 Å². The fourth-order valence-electron chi connectivity index (χ4n) is 3.30. The number of carbonyl (C=O) groups is 2. The molecule has 0 atom stereocenters. The summed E-state index contributed by atoms with van der Waals surface area (Å²) in [4.78, 5) is 24.0. The maximum absolute atomic E-state index is 12.1. The van der Waals surface area contributed by atoms with Crippen LogP contribution in [0.25, 0.3) is 32.3 Å². The summed E-state index contributed by atoms with van der Waals surface area (Å²) < 4.78 is 0. The molecule has 0 saturated heterocycles. The van der Waals surface area contributed by atoms with E-state index >= 15 is 0 Å². The fraction of sp³-hybridized carbons (Fsp3) is 0. The molecule has 4 aromatic carbocycles. The van der Waals surface area contributed by atoms with Crippen LogP contribution in [0.2, 0.25) is 0 Å². The summed E-state index contributed by atoms with van der Waals surface area (Å²) >= 11 is 11.6. The molecule has 4 aromatic rings. The van der Waals surface area contributed by atoms with Crippen LogP contribution in [0.5, 0.6) is 0 Å². The molecule has 0 N–H and O–H groups in total. The Morgan fingerprint density at radius 3 is 2.08 bits per heavy atom. The maximum Gasteiger partial charge on any atom is 0.253 e. The first kappa shape index (κ1) is 15.1. The minimum absolute atomic E-state index is 0.370. The van der Waals surface area contributed by atoms with Gasteiger partial charge in [0.1, 0.15) is 0 Å². The lowest BCUT2D eigenvalue weighted by Gasteiger charge is -2.13. The molecular weight excluding hydrogens is 343 g/mol. The van der Waals surface area contributed by atoms with Crippen LogP contribution < -0.4 is 0 Å². The van der Waals surface area contributed by atoms with Gasteiger partial charge in [0.15, 0.2) is 0 Å². The smallest absolute Gasteiger partial charge is 0.253 e. The van der Waals surface area contributed by atoms with Crippen molar-refractivity contribution < 1.29 is 9.59 Å². The highest BCUT2D eigenvalue weighted by molar-refractivity contribution is 6.70. The quantitative estimate of drug-likeness (QED) is 0.332. The lowest BCUT2D eigenvalue weighted by atomic mass is 9.91. The van der Waals surface area contributed by atoms with Gasteiger partial charge in [-0.05, 0) is 56.9 Å². The summed E-state index contributed by atoms with van der Waals surface area (Å²) in [7, 11) is 0. The van der Waals surface area contributed by atoms with Crippen molar-refractivity contribution >= 4 is 66.0 Å². The average molecular weight is 353 g/mol. The first-order valence-corrected chi connectivity index (χ1v) is 8.10. The van der Waals surface area contributed by atoms with Crippen molar-refractivity contribution in [3.8, 4) is 0 Å². The molecule has 0 bridgehead atoms. The summed E-state index contributed by atoms with van der Waals surface area (Å²) in [6, 6.07) is 18.7. The molecule has 2 nitrogen and oxygen atoms in total. The van der Waals surface area contributed by atoms with Gasteiger partial charge in [-0.1, -0.05) is 48.5 Å². The summed E-state index contributed by atoms with van der Waals surface area (Å²) in [5.74, 6) is 0. The van der Waals surface area contributed by atoms with E-state index in [2.05, 4.69) is 0 Å². The Bertz CT molecular complexity index is 1160. The third-order valence-electron chi connectivity index (χ3n) is 4.29. The summed E-state index contributed by atoms with van der Waals surface area (Å²) in [6.45, 7) is 0. The topological polar surface area (TPSA) is 34.1 Å². The maximum atomic E-state index is 12.1. The van der Waals surface area contributed by atoms with Gasteiger partial charge in [0.05, 0.1) is 0 Å². The second-order valence-electron chi connectivity index (χ2n) is 5.58. The minimum atomic E-state index is -0.561. The van der Waals surface area contributed by atoms with E-state index in [9.17, 15) is 9.59 Å². The zero-order valence-corrected chi connectivity index (χ0v) is 13.9. The molecule has 24 heavy (non-hydrogen) atoms. The Morgan fingerprint density at radius 2 is 1.33 bits per heavy atom. The molecule has 0 unspecified atom stereocenters. The third-order valence-corrected chi connectivity index (χ3v) is 4.70. The van der Waals surface area contributed by atoms with Crippen molar-refractivity contribution in [1.29, 1.82) is 0 Å². The van der Waals surface area contributed by atoms with Crippen molar-refractivity contribution in [2.45, 2.75) is 0 Å². The fourth-order valence-corrected chi connectivity index (χ4v) is 3.60. The Labute approximate surface area is 147 Å². The van der Waals surface area contributed by atoms with Crippen molar-refractivity contribution in [3.05, 3.63) is 71.8 Å². The lowest BCUT2D eigenvalue weighted by molar-refractivity contribution is 0.107. The summed E-state index contributed by atoms with van der Waals surface area (Å²) in [5.41, 5.74) is 0.746. The second kappa shape index (κ2) is 5.59. The molecule has 0 spiro atoms. The van der Waals surface area contributed by atoms with E-state index in [-0.39, 0.29) is 0 Å². The molecule has 0 heterocycles. The monoisotopic (exact) mass is 352 g/mol. The van der Waals surface area contributed by atoms with Gasteiger partial charge in [-0.2, -0.15) is 0 Å². The highest BCUT2D eigenvalue weighted by Crippen LogP contribution is 2.36. The zero-order chi connectivity index (χ0) is 16.8. The van der Waals surface area contributed by atoms with E-state index in [1.807, 2.05) is 42.5 Å². The molecule has 0 fully saturated rings.